The van der Waals surface area contributed by atoms with Crippen molar-refractivity contribution >= 4 is 24.3 Å². The van der Waals surface area contributed by atoms with Gasteiger partial charge in [0.15, 0.2) is 17.8 Å². The molecule has 3 rings (SSSR count). The van der Waals surface area contributed by atoms with E-state index >= 15 is 0 Å². The summed E-state index contributed by atoms with van der Waals surface area (Å²) in [4.78, 5) is 49.4. The first kappa shape index (κ1) is 28.9. The molecule has 1 unspecified atom stereocenters. The maximum absolute atomic E-state index is 12.5. The number of carboxylic acid groups (broad SMARTS) is 2. The van der Waals surface area contributed by atoms with E-state index in [1.807, 2.05) is 0 Å². The Morgan fingerprint density at radius 1 is 1.08 bits per heavy atom. The fourth-order valence-corrected chi connectivity index (χ4v) is 3.75. The second kappa shape index (κ2) is 14.9. The summed E-state index contributed by atoms with van der Waals surface area (Å²) in [6.45, 7) is 5.08. The lowest BCUT2D eigenvalue weighted by Crippen LogP contribution is -2.49. The second-order valence-electron chi connectivity index (χ2n) is 8.47. The van der Waals surface area contributed by atoms with E-state index in [1.165, 1.54) is 32.3 Å². The van der Waals surface area contributed by atoms with Crippen molar-refractivity contribution < 1.29 is 43.6 Å². The van der Waals surface area contributed by atoms with Gasteiger partial charge in [-0.05, 0) is 38.8 Å². The molecule has 0 aliphatic carbocycles. The van der Waals surface area contributed by atoms with Crippen LogP contribution in [-0.4, -0.2) is 104 Å². The Morgan fingerprint density at radius 2 is 1.81 bits per heavy atom. The monoisotopic (exact) mass is 509 g/mol. The van der Waals surface area contributed by atoms with Gasteiger partial charge < -0.3 is 34.6 Å². The van der Waals surface area contributed by atoms with Crippen LogP contribution in [0.5, 0.6) is 17.2 Å². The number of ether oxygens (including phenoxy) is 3. The Balaban J connectivity index is 0.000000558. The number of aliphatic carboxylic acids is 2. The van der Waals surface area contributed by atoms with Crippen LogP contribution in [-0.2, 0) is 9.59 Å². The topological polar surface area (TPSA) is 155 Å². The molecule has 0 spiro atoms. The summed E-state index contributed by atoms with van der Waals surface area (Å²) >= 11 is 0. The van der Waals surface area contributed by atoms with Gasteiger partial charge in [0.05, 0.1) is 19.3 Å². The summed E-state index contributed by atoms with van der Waals surface area (Å²) in [5.41, 5.74) is 0.0104. The Bertz CT molecular complexity index is 903. The SMILES string of the molecule is CN1CCNCC1.COc1cc(OC(=O)N2CCCCC2C(=O)O)c(C=O)cc1OCCCC(=O)O. The Hall–Kier alpha value is -3.38. The molecule has 3 N–H and O–H groups in total. The van der Waals surface area contributed by atoms with Gasteiger partial charge in [-0.1, -0.05) is 0 Å². The maximum Gasteiger partial charge on any atom is 0.416 e. The van der Waals surface area contributed by atoms with Gasteiger partial charge in [-0.15, -0.1) is 0 Å². The van der Waals surface area contributed by atoms with Crippen LogP contribution in [0.1, 0.15) is 42.5 Å². The van der Waals surface area contributed by atoms with Crippen LogP contribution >= 0.6 is 0 Å². The van der Waals surface area contributed by atoms with Gasteiger partial charge in [0.2, 0.25) is 0 Å². The predicted molar refractivity (Wildman–Crippen MR) is 129 cm³/mol. The average Bonchev–Trinajstić information content (AvgIpc) is 2.87. The van der Waals surface area contributed by atoms with Crippen LogP contribution in [0.15, 0.2) is 12.1 Å². The minimum absolute atomic E-state index is 0.0104. The van der Waals surface area contributed by atoms with Crippen LogP contribution in [0, 0.1) is 0 Å². The standard InChI is InChI=1S/C19H23NO9.C5H12N2/c1-27-15-10-14(12(11-21)9-16(15)28-8-4-6-17(22)23)29-19(26)20-7-3-2-5-13(20)18(24)25;1-7-4-2-6-3-5-7/h9-11,13H,2-8H2,1H3,(H,22,23)(H,24,25);6H,2-5H2,1H3. The van der Waals surface area contributed by atoms with Crippen molar-refractivity contribution in [2.45, 2.75) is 38.1 Å². The predicted octanol–water partition coefficient (Wildman–Crippen LogP) is 1.71. The summed E-state index contributed by atoms with van der Waals surface area (Å²) in [5.74, 6) is -1.77. The molecule has 2 saturated heterocycles. The first-order valence-electron chi connectivity index (χ1n) is 11.9. The molecule has 1 aromatic carbocycles. The van der Waals surface area contributed by atoms with E-state index < -0.39 is 24.1 Å². The van der Waals surface area contributed by atoms with Gasteiger partial charge in [0.25, 0.3) is 0 Å². The third-order valence-electron chi connectivity index (χ3n) is 5.78. The van der Waals surface area contributed by atoms with Crippen molar-refractivity contribution in [1.82, 2.24) is 15.1 Å². The maximum atomic E-state index is 12.5. The van der Waals surface area contributed by atoms with Crippen LogP contribution < -0.4 is 19.5 Å². The highest BCUT2D eigenvalue weighted by Crippen LogP contribution is 2.35. The van der Waals surface area contributed by atoms with Gasteiger partial charge in [-0.2, -0.15) is 0 Å². The van der Waals surface area contributed by atoms with Crippen molar-refractivity contribution in [2.24, 2.45) is 0 Å². The summed E-state index contributed by atoms with van der Waals surface area (Å²) in [6.07, 6.45) is 1.48. The molecular weight excluding hydrogens is 474 g/mol. The molecule has 12 nitrogen and oxygen atoms in total. The zero-order valence-electron chi connectivity index (χ0n) is 20.7. The molecule has 1 atom stereocenters. The lowest BCUT2D eigenvalue weighted by molar-refractivity contribution is -0.143. The molecule has 2 aliphatic rings. The van der Waals surface area contributed by atoms with Crippen LogP contribution in [0.2, 0.25) is 0 Å². The van der Waals surface area contributed by atoms with Gasteiger partial charge in [0, 0.05) is 45.2 Å². The second-order valence-corrected chi connectivity index (χ2v) is 8.47. The average molecular weight is 510 g/mol. The van der Waals surface area contributed by atoms with E-state index in [9.17, 15) is 24.3 Å². The number of benzene rings is 1. The summed E-state index contributed by atoms with van der Waals surface area (Å²) in [6, 6.07) is 1.64. The third kappa shape index (κ3) is 9.00. The number of likely N-dealkylation sites (N-methyl/N-ethyl adjacent to an activating group) is 1. The number of rotatable bonds is 9. The molecule has 1 amide bonds. The van der Waals surface area contributed by atoms with E-state index in [1.54, 1.807) is 0 Å². The molecule has 0 bridgehead atoms. The normalized spacial score (nSPS) is 17.8. The number of carboxylic acids is 2. The number of piperazine rings is 1. The third-order valence-corrected chi connectivity index (χ3v) is 5.78. The van der Waals surface area contributed by atoms with E-state index in [0.717, 1.165) is 18.0 Å². The van der Waals surface area contributed by atoms with Crippen molar-refractivity contribution in [3.63, 3.8) is 0 Å². The van der Waals surface area contributed by atoms with Crippen molar-refractivity contribution in [1.29, 1.82) is 0 Å². The first-order chi connectivity index (χ1) is 17.3. The van der Waals surface area contributed by atoms with E-state index in [2.05, 4.69) is 17.3 Å². The van der Waals surface area contributed by atoms with Crippen molar-refractivity contribution in [2.75, 3.05) is 53.5 Å². The largest absolute Gasteiger partial charge is 0.493 e. The summed E-state index contributed by atoms with van der Waals surface area (Å²) < 4.78 is 16.0. The molecule has 2 fully saturated rings. The molecule has 1 aromatic rings. The minimum Gasteiger partial charge on any atom is -0.493 e. The smallest absolute Gasteiger partial charge is 0.416 e. The minimum atomic E-state index is -1.11. The number of hydrogen-bond donors (Lipinski definition) is 3. The highest BCUT2D eigenvalue weighted by molar-refractivity contribution is 5.85. The Morgan fingerprint density at radius 3 is 2.36 bits per heavy atom. The Kier molecular flexibility index (Phi) is 11.9. The molecule has 36 heavy (non-hydrogen) atoms. The number of nitrogens with zero attached hydrogens (tertiary/aromatic N) is 2. The van der Waals surface area contributed by atoms with E-state index in [0.29, 0.717) is 25.5 Å². The van der Waals surface area contributed by atoms with Gasteiger partial charge in [0.1, 0.15) is 11.8 Å². The number of nitrogens with one attached hydrogen (secondary N) is 1. The molecule has 0 radical (unpaired) electrons. The number of piperidine rings is 1. The van der Waals surface area contributed by atoms with Crippen LogP contribution in [0.4, 0.5) is 4.79 Å². The number of carbonyl (C=O) groups excluding carboxylic acids is 2. The molecule has 200 valence electrons. The fourth-order valence-electron chi connectivity index (χ4n) is 3.75. The number of carbonyl (C=O) groups is 4. The highest BCUT2D eigenvalue weighted by Gasteiger charge is 2.33. The number of likely N-dealkylation sites (tertiary alicyclic amines) is 1. The van der Waals surface area contributed by atoms with E-state index in [4.69, 9.17) is 19.3 Å². The lowest BCUT2D eigenvalue weighted by atomic mass is 10.0. The quantitative estimate of drug-likeness (QED) is 0.329. The lowest BCUT2D eigenvalue weighted by Gasteiger charge is -2.32. The van der Waals surface area contributed by atoms with E-state index in [-0.39, 0.29) is 48.8 Å². The molecule has 0 aromatic heterocycles. The number of methoxy groups -OCH3 is 1. The zero-order chi connectivity index (χ0) is 26.5. The summed E-state index contributed by atoms with van der Waals surface area (Å²) in [7, 11) is 3.51. The Labute approximate surface area is 210 Å². The zero-order valence-corrected chi connectivity index (χ0v) is 20.7. The highest BCUT2D eigenvalue weighted by atomic mass is 16.6. The fraction of sp³-hybridized carbons (Fsp3) is 0.583. The molecule has 12 heteroatoms. The number of hydrogen-bond acceptors (Lipinski definition) is 9. The van der Waals surface area contributed by atoms with Crippen molar-refractivity contribution in [3.05, 3.63) is 17.7 Å². The molecule has 2 aliphatic heterocycles. The first-order valence-corrected chi connectivity index (χ1v) is 11.9. The van der Waals surface area contributed by atoms with Crippen LogP contribution in [0.25, 0.3) is 0 Å². The molecular formula is C24H35N3O9. The van der Waals surface area contributed by atoms with Crippen molar-refractivity contribution in [3.8, 4) is 17.2 Å². The number of aldehydes is 1. The van der Waals surface area contributed by atoms with Crippen LogP contribution in [0.3, 0.4) is 0 Å². The number of amides is 1. The van der Waals surface area contributed by atoms with Gasteiger partial charge in [-0.25, -0.2) is 9.59 Å². The molecule has 0 saturated carbocycles. The van der Waals surface area contributed by atoms with Gasteiger partial charge >= 0.3 is 18.0 Å². The molecule has 2 heterocycles. The summed E-state index contributed by atoms with van der Waals surface area (Å²) in [5, 5.41) is 21.2. The van der Waals surface area contributed by atoms with Gasteiger partial charge in [-0.3, -0.25) is 14.5 Å².